The van der Waals surface area contributed by atoms with Crippen molar-refractivity contribution in [1.29, 1.82) is 0 Å². The molecule has 1 aromatic rings. The van der Waals surface area contributed by atoms with Gasteiger partial charge in [0.05, 0.1) is 13.2 Å². The monoisotopic (exact) mass is 313 g/mol. The quantitative estimate of drug-likeness (QED) is 0.927. The van der Waals surface area contributed by atoms with Crippen molar-refractivity contribution in [3.8, 4) is 0 Å². The molecule has 100 valence electrons. The van der Waals surface area contributed by atoms with E-state index in [1.54, 1.807) is 7.11 Å². The van der Waals surface area contributed by atoms with Crippen LogP contribution in [0.4, 0.5) is 5.69 Å². The number of aliphatic hydroxyl groups excluding tert-OH is 1. The molecule has 0 radical (unpaired) electrons. The molecule has 0 saturated carbocycles. The van der Waals surface area contributed by atoms with Crippen LogP contribution in [0.3, 0.4) is 0 Å². The van der Waals surface area contributed by atoms with Crippen LogP contribution in [0.2, 0.25) is 0 Å². The number of halogens is 1. The van der Waals surface area contributed by atoms with E-state index in [-0.39, 0.29) is 6.61 Å². The zero-order chi connectivity index (χ0) is 13.0. The number of rotatable bonds is 4. The lowest BCUT2D eigenvalue weighted by molar-refractivity contribution is 0.143. The number of hydrogen-bond donors (Lipinski definition) is 1. The third-order valence-corrected chi connectivity index (χ3v) is 3.97. The molecule has 0 bridgehead atoms. The molecule has 0 spiro atoms. The number of aliphatic hydroxyl groups is 1. The molecule has 1 N–H and O–H groups in total. The zero-order valence-electron chi connectivity index (χ0n) is 10.7. The Balaban J connectivity index is 2.15. The number of benzene rings is 1. The number of anilines is 1. The summed E-state index contributed by atoms with van der Waals surface area (Å²) < 4.78 is 6.27. The van der Waals surface area contributed by atoms with Gasteiger partial charge in [0.1, 0.15) is 0 Å². The smallest absolute Gasteiger partial charge is 0.0702 e. The molecular formula is C14H20BrNO2. The normalized spacial score (nSPS) is 20.2. The highest BCUT2D eigenvalue weighted by Crippen LogP contribution is 2.28. The van der Waals surface area contributed by atoms with Crippen molar-refractivity contribution in [1.82, 2.24) is 0 Å². The van der Waals surface area contributed by atoms with E-state index >= 15 is 0 Å². The van der Waals surface area contributed by atoms with Gasteiger partial charge < -0.3 is 14.7 Å². The van der Waals surface area contributed by atoms with Crippen molar-refractivity contribution >= 4 is 21.6 Å². The van der Waals surface area contributed by atoms with Gasteiger partial charge in [-0.3, -0.25) is 0 Å². The van der Waals surface area contributed by atoms with Crippen molar-refractivity contribution in [3.05, 3.63) is 28.2 Å². The number of hydrogen-bond acceptors (Lipinski definition) is 3. The van der Waals surface area contributed by atoms with Gasteiger partial charge in [0.25, 0.3) is 0 Å². The molecule has 1 saturated heterocycles. The summed E-state index contributed by atoms with van der Waals surface area (Å²) in [5, 5.41) is 9.47. The van der Waals surface area contributed by atoms with E-state index in [1.165, 1.54) is 12.8 Å². The predicted molar refractivity (Wildman–Crippen MR) is 76.9 cm³/mol. The molecule has 1 fully saturated rings. The van der Waals surface area contributed by atoms with Crippen LogP contribution in [0.25, 0.3) is 0 Å². The summed E-state index contributed by atoms with van der Waals surface area (Å²) in [6, 6.07) is 6.12. The first-order valence-electron chi connectivity index (χ1n) is 6.37. The van der Waals surface area contributed by atoms with Crippen LogP contribution in [-0.4, -0.2) is 31.9 Å². The highest BCUT2D eigenvalue weighted by Gasteiger charge is 2.21. The highest BCUT2D eigenvalue weighted by atomic mass is 79.9. The molecule has 1 aliphatic heterocycles. The lowest BCUT2D eigenvalue weighted by Gasteiger charge is -2.35. The van der Waals surface area contributed by atoms with E-state index < -0.39 is 0 Å². The first kappa shape index (κ1) is 13.8. The van der Waals surface area contributed by atoms with E-state index in [2.05, 4.69) is 26.9 Å². The third-order valence-electron chi connectivity index (χ3n) is 3.47. The van der Waals surface area contributed by atoms with Crippen LogP contribution < -0.4 is 4.90 Å². The molecule has 1 atom stereocenters. The molecule has 2 rings (SSSR count). The Labute approximate surface area is 117 Å². The van der Waals surface area contributed by atoms with Gasteiger partial charge in [0.2, 0.25) is 0 Å². The molecule has 1 unspecified atom stereocenters. The summed E-state index contributed by atoms with van der Waals surface area (Å²) in [6.45, 7) is 2.99. The molecule has 18 heavy (non-hydrogen) atoms. The molecule has 0 aromatic heterocycles. The minimum atomic E-state index is 0.0835. The lowest BCUT2D eigenvalue weighted by atomic mass is 9.97. The molecular weight excluding hydrogens is 294 g/mol. The second kappa shape index (κ2) is 6.55. The number of ether oxygens (including phenoxy) is 1. The first-order chi connectivity index (χ1) is 8.74. The van der Waals surface area contributed by atoms with E-state index in [4.69, 9.17) is 4.74 Å². The van der Waals surface area contributed by atoms with E-state index in [9.17, 15) is 5.11 Å². The van der Waals surface area contributed by atoms with Gasteiger partial charge in [-0.25, -0.2) is 0 Å². The second-order valence-electron chi connectivity index (χ2n) is 4.84. The van der Waals surface area contributed by atoms with Gasteiger partial charge in [-0.1, -0.05) is 15.9 Å². The van der Waals surface area contributed by atoms with Gasteiger partial charge in [-0.2, -0.15) is 0 Å². The Bertz CT molecular complexity index is 395. The summed E-state index contributed by atoms with van der Waals surface area (Å²) in [5.41, 5.74) is 2.14. The average Bonchev–Trinajstić information content (AvgIpc) is 2.39. The van der Waals surface area contributed by atoms with Crippen molar-refractivity contribution in [2.24, 2.45) is 5.92 Å². The van der Waals surface area contributed by atoms with Gasteiger partial charge in [-0.05, 0) is 37.0 Å². The van der Waals surface area contributed by atoms with Gasteiger partial charge in [0.15, 0.2) is 0 Å². The average molecular weight is 314 g/mol. The van der Waals surface area contributed by atoms with E-state index in [1.807, 2.05) is 12.1 Å². The van der Waals surface area contributed by atoms with Gasteiger partial charge in [0, 0.05) is 35.9 Å². The molecule has 0 amide bonds. The molecule has 4 heteroatoms. The maximum atomic E-state index is 9.47. The Kier molecular flexibility index (Phi) is 5.03. The summed E-state index contributed by atoms with van der Waals surface area (Å²) in [7, 11) is 1.76. The van der Waals surface area contributed by atoms with Crippen LogP contribution in [0.15, 0.2) is 22.7 Å². The molecule has 0 aliphatic carbocycles. The maximum Gasteiger partial charge on any atom is 0.0702 e. The Morgan fingerprint density at radius 1 is 1.50 bits per heavy atom. The highest BCUT2D eigenvalue weighted by molar-refractivity contribution is 9.10. The summed E-state index contributed by atoms with van der Waals surface area (Å²) in [4.78, 5) is 2.37. The van der Waals surface area contributed by atoms with E-state index in [0.29, 0.717) is 5.92 Å². The standard InChI is InChI=1S/C14H20BrNO2/c1-18-10-11-3-2-6-16(8-11)14-5-4-13(15)7-12(14)9-17/h4-5,7,11,17H,2-3,6,8-10H2,1H3. The van der Waals surface area contributed by atoms with Crippen molar-refractivity contribution in [3.63, 3.8) is 0 Å². The number of nitrogens with zero attached hydrogens (tertiary/aromatic N) is 1. The number of piperidine rings is 1. The summed E-state index contributed by atoms with van der Waals surface area (Å²) >= 11 is 3.45. The number of methoxy groups -OCH3 is 1. The second-order valence-corrected chi connectivity index (χ2v) is 5.76. The maximum absolute atomic E-state index is 9.47. The lowest BCUT2D eigenvalue weighted by Crippen LogP contribution is -2.37. The van der Waals surface area contributed by atoms with Crippen molar-refractivity contribution in [2.75, 3.05) is 31.7 Å². The van der Waals surface area contributed by atoms with Gasteiger partial charge in [-0.15, -0.1) is 0 Å². The molecule has 3 nitrogen and oxygen atoms in total. The Morgan fingerprint density at radius 3 is 3.06 bits per heavy atom. The SMILES string of the molecule is COCC1CCCN(c2ccc(Br)cc2CO)C1. The predicted octanol–water partition coefficient (Wildman–Crippen LogP) is 2.80. The molecule has 1 aromatic carbocycles. The third kappa shape index (κ3) is 3.25. The van der Waals surface area contributed by atoms with Crippen molar-refractivity contribution in [2.45, 2.75) is 19.4 Å². The fourth-order valence-corrected chi connectivity index (χ4v) is 3.05. The van der Waals surface area contributed by atoms with Crippen molar-refractivity contribution < 1.29 is 9.84 Å². The first-order valence-corrected chi connectivity index (χ1v) is 7.17. The summed E-state index contributed by atoms with van der Waals surface area (Å²) in [6.07, 6.45) is 2.42. The largest absolute Gasteiger partial charge is 0.392 e. The minimum Gasteiger partial charge on any atom is -0.392 e. The fraction of sp³-hybridized carbons (Fsp3) is 0.571. The van der Waals surface area contributed by atoms with E-state index in [0.717, 1.165) is 35.4 Å². The van der Waals surface area contributed by atoms with Crippen LogP contribution in [0, 0.1) is 5.92 Å². The molecule has 1 heterocycles. The van der Waals surface area contributed by atoms with Gasteiger partial charge >= 0.3 is 0 Å². The van der Waals surface area contributed by atoms with Crippen LogP contribution in [-0.2, 0) is 11.3 Å². The zero-order valence-corrected chi connectivity index (χ0v) is 12.3. The topological polar surface area (TPSA) is 32.7 Å². The van der Waals surface area contributed by atoms with Crippen LogP contribution >= 0.6 is 15.9 Å². The van der Waals surface area contributed by atoms with Crippen LogP contribution in [0.1, 0.15) is 18.4 Å². The Hall–Kier alpha value is -0.580. The summed E-state index contributed by atoms with van der Waals surface area (Å²) in [5.74, 6) is 0.596. The molecule has 1 aliphatic rings. The minimum absolute atomic E-state index is 0.0835. The van der Waals surface area contributed by atoms with Crippen LogP contribution in [0.5, 0.6) is 0 Å². The Morgan fingerprint density at radius 2 is 2.33 bits per heavy atom. The fourth-order valence-electron chi connectivity index (χ4n) is 2.64.